The van der Waals surface area contributed by atoms with Gasteiger partial charge in [-0.3, -0.25) is 9.69 Å². The Hall–Kier alpha value is -2.24. The van der Waals surface area contributed by atoms with Crippen LogP contribution in [-0.4, -0.2) is 50.1 Å². The lowest BCUT2D eigenvalue weighted by atomic mass is 10.1. The van der Waals surface area contributed by atoms with Crippen LogP contribution >= 0.6 is 11.6 Å². The molecule has 5 nitrogen and oxygen atoms in total. The summed E-state index contributed by atoms with van der Waals surface area (Å²) < 4.78 is 5.29. The van der Waals surface area contributed by atoms with Crippen LogP contribution in [0.25, 0.3) is 0 Å². The summed E-state index contributed by atoms with van der Waals surface area (Å²) in [4.78, 5) is 17.1. The average molecular weight is 388 g/mol. The van der Waals surface area contributed by atoms with Gasteiger partial charge in [-0.1, -0.05) is 29.3 Å². The molecule has 6 heteroatoms. The quantitative estimate of drug-likeness (QED) is 0.847. The molecule has 144 valence electrons. The number of piperazine rings is 1. The van der Waals surface area contributed by atoms with Gasteiger partial charge in [0, 0.05) is 36.4 Å². The van der Waals surface area contributed by atoms with Gasteiger partial charge in [-0.2, -0.15) is 0 Å². The van der Waals surface area contributed by atoms with E-state index in [2.05, 4.69) is 53.2 Å². The summed E-state index contributed by atoms with van der Waals surface area (Å²) in [5.74, 6) is 0.539. The largest absolute Gasteiger partial charge is 0.495 e. The van der Waals surface area contributed by atoms with E-state index in [0.717, 1.165) is 19.6 Å². The minimum atomic E-state index is -0.0634. The molecule has 0 saturated carbocycles. The maximum Gasteiger partial charge on any atom is 0.238 e. The van der Waals surface area contributed by atoms with Crippen molar-refractivity contribution in [3.63, 3.8) is 0 Å². The van der Waals surface area contributed by atoms with Crippen molar-refractivity contribution in [3.05, 3.63) is 53.1 Å². The SMILES string of the molecule is COc1ccc(Cl)cc1NC(=O)CN1CCN(c2ccc(C)cc2)[C@@H](C)C1. The lowest BCUT2D eigenvalue weighted by Crippen LogP contribution is -2.53. The summed E-state index contributed by atoms with van der Waals surface area (Å²) in [5, 5.41) is 3.47. The Balaban J connectivity index is 1.57. The van der Waals surface area contributed by atoms with Crippen molar-refractivity contribution in [2.45, 2.75) is 19.9 Å². The maximum absolute atomic E-state index is 12.5. The summed E-state index contributed by atoms with van der Waals surface area (Å²) >= 11 is 6.03. The van der Waals surface area contributed by atoms with Gasteiger partial charge < -0.3 is 15.0 Å². The molecular weight excluding hydrogens is 362 g/mol. The Bertz CT molecular complexity index is 795. The number of methoxy groups -OCH3 is 1. The van der Waals surface area contributed by atoms with Crippen LogP contribution in [0.2, 0.25) is 5.02 Å². The zero-order chi connectivity index (χ0) is 19.4. The van der Waals surface area contributed by atoms with Crippen molar-refractivity contribution in [3.8, 4) is 5.75 Å². The number of benzene rings is 2. The molecule has 2 aromatic carbocycles. The van der Waals surface area contributed by atoms with E-state index in [1.165, 1.54) is 11.3 Å². The number of nitrogens with zero attached hydrogens (tertiary/aromatic N) is 2. The predicted octanol–water partition coefficient (Wildman–Crippen LogP) is 3.81. The van der Waals surface area contributed by atoms with Crippen molar-refractivity contribution < 1.29 is 9.53 Å². The minimum absolute atomic E-state index is 0.0634. The second kappa shape index (κ2) is 8.63. The van der Waals surface area contributed by atoms with Gasteiger partial charge in [-0.05, 0) is 44.2 Å². The summed E-state index contributed by atoms with van der Waals surface area (Å²) in [7, 11) is 1.57. The highest BCUT2D eigenvalue weighted by molar-refractivity contribution is 6.31. The van der Waals surface area contributed by atoms with E-state index in [0.29, 0.717) is 29.0 Å². The van der Waals surface area contributed by atoms with E-state index in [4.69, 9.17) is 16.3 Å². The Labute approximate surface area is 165 Å². The van der Waals surface area contributed by atoms with Crippen LogP contribution in [0.1, 0.15) is 12.5 Å². The number of nitrogens with one attached hydrogen (secondary N) is 1. The molecule has 1 heterocycles. The average Bonchev–Trinajstić information content (AvgIpc) is 2.63. The fraction of sp³-hybridized carbons (Fsp3) is 0.381. The van der Waals surface area contributed by atoms with Crippen molar-refractivity contribution in [2.75, 3.05) is 43.5 Å². The molecule has 2 aromatic rings. The van der Waals surface area contributed by atoms with Gasteiger partial charge >= 0.3 is 0 Å². The van der Waals surface area contributed by atoms with Crippen molar-refractivity contribution in [1.82, 2.24) is 4.90 Å². The highest BCUT2D eigenvalue weighted by Crippen LogP contribution is 2.27. The Morgan fingerprint density at radius 3 is 2.63 bits per heavy atom. The molecule has 0 aliphatic carbocycles. The van der Waals surface area contributed by atoms with Crippen LogP contribution in [0.3, 0.4) is 0 Å². The summed E-state index contributed by atoms with van der Waals surface area (Å²) in [6.07, 6.45) is 0. The van der Waals surface area contributed by atoms with Crippen molar-refractivity contribution in [1.29, 1.82) is 0 Å². The van der Waals surface area contributed by atoms with E-state index in [1.807, 2.05) is 0 Å². The third kappa shape index (κ3) is 4.93. The maximum atomic E-state index is 12.5. The number of halogens is 1. The van der Waals surface area contributed by atoms with Gasteiger partial charge in [-0.25, -0.2) is 0 Å². The van der Waals surface area contributed by atoms with Gasteiger partial charge in [0.25, 0.3) is 0 Å². The van der Waals surface area contributed by atoms with E-state index >= 15 is 0 Å². The Kier molecular flexibility index (Phi) is 6.24. The van der Waals surface area contributed by atoms with Gasteiger partial charge in [0.2, 0.25) is 5.91 Å². The fourth-order valence-electron chi connectivity index (χ4n) is 3.47. The van der Waals surface area contributed by atoms with Crippen molar-refractivity contribution >= 4 is 28.9 Å². The van der Waals surface area contributed by atoms with Crippen LogP contribution < -0.4 is 15.0 Å². The molecule has 1 atom stereocenters. The van der Waals surface area contributed by atoms with Gasteiger partial charge in [0.15, 0.2) is 0 Å². The summed E-state index contributed by atoms with van der Waals surface area (Å²) in [5.41, 5.74) is 3.10. The standard InChI is InChI=1S/C21H26ClN3O2/c1-15-4-7-18(8-5-15)25-11-10-24(13-16(25)2)14-21(26)23-19-12-17(22)6-9-20(19)27-3/h4-9,12,16H,10-11,13-14H2,1-3H3,(H,23,26)/t16-/m0/s1. The highest BCUT2D eigenvalue weighted by atomic mass is 35.5. The van der Waals surface area contributed by atoms with Gasteiger partial charge in [-0.15, -0.1) is 0 Å². The lowest BCUT2D eigenvalue weighted by Gasteiger charge is -2.41. The zero-order valence-corrected chi connectivity index (χ0v) is 16.8. The molecule has 0 unspecified atom stereocenters. The normalized spacial score (nSPS) is 17.6. The number of aryl methyl sites for hydroxylation is 1. The predicted molar refractivity (Wildman–Crippen MR) is 111 cm³/mol. The lowest BCUT2D eigenvalue weighted by molar-refractivity contribution is -0.117. The van der Waals surface area contributed by atoms with E-state index in [-0.39, 0.29) is 5.91 Å². The molecule has 0 spiro atoms. The Morgan fingerprint density at radius 1 is 1.22 bits per heavy atom. The van der Waals surface area contributed by atoms with Crippen molar-refractivity contribution in [2.24, 2.45) is 0 Å². The molecule has 1 aliphatic rings. The minimum Gasteiger partial charge on any atom is -0.495 e. The molecular formula is C21H26ClN3O2. The van der Waals surface area contributed by atoms with Crippen LogP contribution in [0, 0.1) is 6.92 Å². The van der Waals surface area contributed by atoms with Gasteiger partial charge in [0.1, 0.15) is 5.75 Å². The van der Waals surface area contributed by atoms with Gasteiger partial charge in [0.05, 0.1) is 19.3 Å². The first-order chi connectivity index (χ1) is 13.0. The molecule has 0 bridgehead atoms. The number of carbonyl (C=O) groups is 1. The number of anilines is 2. The second-order valence-corrected chi connectivity index (χ2v) is 7.44. The molecule has 1 fully saturated rings. The topological polar surface area (TPSA) is 44.8 Å². The molecule has 3 rings (SSSR count). The first kappa shape index (κ1) is 19.5. The molecule has 1 N–H and O–H groups in total. The zero-order valence-electron chi connectivity index (χ0n) is 16.0. The van der Waals surface area contributed by atoms with Crippen LogP contribution in [0.5, 0.6) is 5.75 Å². The third-order valence-corrected chi connectivity index (χ3v) is 5.12. The van der Waals surface area contributed by atoms with E-state index in [1.54, 1.807) is 25.3 Å². The first-order valence-electron chi connectivity index (χ1n) is 9.15. The van der Waals surface area contributed by atoms with Crippen LogP contribution in [0.4, 0.5) is 11.4 Å². The first-order valence-corrected chi connectivity index (χ1v) is 9.53. The molecule has 1 amide bonds. The summed E-state index contributed by atoms with van der Waals surface area (Å²) in [6.45, 7) is 7.23. The number of hydrogen-bond donors (Lipinski definition) is 1. The number of amides is 1. The monoisotopic (exact) mass is 387 g/mol. The summed E-state index contributed by atoms with van der Waals surface area (Å²) in [6, 6.07) is 14.1. The van der Waals surface area contributed by atoms with Crippen LogP contribution in [0.15, 0.2) is 42.5 Å². The Morgan fingerprint density at radius 2 is 1.96 bits per heavy atom. The van der Waals surface area contributed by atoms with Crippen LogP contribution in [-0.2, 0) is 4.79 Å². The number of hydrogen-bond acceptors (Lipinski definition) is 4. The molecule has 0 radical (unpaired) electrons. The number of rotatable bonds is 5. The molecule has 1 aliphatic heterocycles. The van der Waals surface area contributed by atoms with E-state index < -0.39 is 0 Å². The smallest absolute Gasteiger partial charge is 0.238 e. The molecule has 1 saturated heterocycles. The number of carbonyl (C=O) groups excluding carboxylic acids is 1. The highest BCUT2D eigenvalue weighted by Gasteiger charge is 2.25. The third-order valence-electron chi connectivity index (χ3n) is 4.88. The molecule has 0 aromatic heterocycles. The second-order valence-electron chi connectivity index (χ2n) is 7.01. The van der Waals surface area contributed by atoms with E-state index in [9.17, 15) is 4.79 Å². The molecule has 27 heavy (non-hydrogen) atoms. The number of ether oxygens (including phenoxy) is 1. The fourth-order valence-corrected chi connectivity index (χ4v) is 3.64.